The van der Waals surface area contributed by atoms with Gasteiger partial charge in [0.25, 0.3) is 0 Å². The highest BCUT2D eigenvalue weighted by molar-refractivity contribution is 5.99. The van der Waals surface area contributed by atoms with Crippen LogP contribution in [0.25, 0.3) is 22.0 Å². The molecule has 0 saturated heterocycles. The number of fused-ring (bicyclic) bond motifs is 1. The van der Waals surface area contributed by atoms with Crippen LogP contribution in [-0.2, 0) is 11.8 Å². The molecule has 0 spiro atoms. The zero-order valence-corrected chi connectivity index (χ0v) is 17.3. The van der Waals surface area contributed by atoms with Gasteiger partial charge in [0.05, 0.1) is 11.9 Å². The molecule has 3 aromatic heterocycles. The summed E-state index contributed by atoms with van der Waals surface area (Å²) in [5.74, 6) is 1.00. The summed E-state index contributed by atoms with van der Waals surface area (Å²) in [6.07, 6.45) is 6.25. The maximum Gasteiger partial charge on any atom is 0.229 e. The van der Waals surface area contributed by atoms with Gasteiger partial charge in [-0.1, -0.05) is 12.1 Å². The summed E-state index contributed by atoms with van der Waals surface area (Å²) in [7, 11) is 1.88. The van der Waals surface area contributed by atoms with E-state index in [1.165, 1.54) is 0 Å². The smallest absolute Gasteiger partial charge is 0.229 e. The van der Waals surface area contributed by atoms with Crippen LogP contribution in [0.1, 0.15) is 23.5 Å². The number of hydrogen-bond acceptors (Lipinski definition) is 6. The van der Waals surface area contributed by atoms with Crippen molar-refractivity contribution in [2.24, 2.45) is 13.0 Å². The minimum absolute atomic E-state index is 0.0327. The first-order valence-electron chi connectivity index (χ1n) is 10.1. The van der Waals surface area contributed by atoms with Crippen LogP contribution < -0.4 is 16.8 Å². The van der Waals surface area contributed by atoms with E-state index in [1.807, 2.05) is 56.7 Å². The number of aryl methyl sites for hydroxylation is 1. The van der Waals surface area contributed by atoms with E-state index in [1.54, 1.807) is 10.9 Å². The number of benzene rings is 1. The summed E-state index contributed by atoms with van der Waals surface area (Å²) in [4.78, 5) is 21.6. The Morgan fingerprint density at radius 3 is 2.84 bits per heavy atom. The van der Waals surface area contributed by atoms with Gasteiger partial charge < -0.3 is 16.8 Å². The molecule has 31 heavy (non-hydrogen) atoms. The molecule has 156 valence electrons. The van der Waals surface area contributed by atoms with Crippen molar-refractivity contribution in [1.82, 2.24) is 19.7 Å². The van der Waals surface area contributed by atoms with Crippen LogP contribution in [0.5, 0.6) is 0 Å². The van der Waals surface area contributed by atoms with Gasteiger partial charge in [0.15, 0.2) is 0 Å². The second-order valence-corrected chi connectivity index (χ2v) is 8.09. The Bertz CT molecular complexity index is 1330. The lowest BCUT2D eigenvalue weighted by Gasteiger charge is -2.11. The minimum atomic E-state index is -0.0605. The van der Waals surface area contributed by atoms with Crippen molar-refractivity contribution in [3.05, 3.63) is 60.0 Å². The van der Waals surface area contributed by atoms with Gasteiger partial charge >= 0.3 is 0 Å². The first-order chi connectivity index (χ1) is 14.9. The normalized spacial score (nSPS) is 17.6. The van der Waals surface area contributed by atoms with Gasteiger partial charge in [0.1, 0.15) is 11.6 Å². The molecule has 3 heterocycles. The van der Waals surface area contributed by atoms with E-state index in [2.05, 4.69) is 20.4 Å². The summed E-state index contributed by atoms with van der Waals surface area (Å²) >= 11 is 0. The van der Waals surface area contributed by atoms with Crippen LogP contribution in [0.4, 0.5) is 17.3 Å². The Kier molecular flexibility index (Phi) is 4.35. The topological polar surface area (TPSA) is 125 Å². The zero-order chi connectivity index (χ0) is 21.7. The lowest BCUT2D eigenvalue weighted by molar-refractivity contribution is -0.117. The highest BCUT2D eigenvalue weighted by atomic mass is 16.2. The second kappa shape index (κ2) is 7.09. The molecule has 8 nitrogen and oxygen atoms in total. The summed E-state index contributed by atoms with van der Waals surface area (Å²) in [5, 5.41) is 8.73. The molecule has 8 heteroatoms. The van der Waals surface area contributed by atoms with Crippen LogP contribution >= 0.6 is 0 Å². The molecule has 2 atom stereocenters. The van der Waals surface area contributed by atoms with E-state index in [9.17, 15) is 4.79 Å². The third kappa shape index (κ3) is 3.46. The molecule has 1 aliphatic rings. The van der Waals surface area contributed by atoms with Gasteiger partial charge in [-0.3, -0.25) is 9.48 Å². The van der Waals surface area contributed by atoms with Gasteiger partial charge in [0, 0.05) is 42.0 Å². The first kappa shape index (κ1) is 19.0. The number of rotatable bonds is 4. The maximum absolute atomic E-state index is 12.7. The van der Waals surface area contributed by atoms with Crippen LogP contribution in [0, 0.1) is 12.8 Å². The maximum atomic E-state index is 12.7. The quantitative estimate of drug-likeness (QED) is 0.441. The number of nitrogens with zero attached hydrogens (tertiary/aromatic N) is 4. The Labute approximate surface area is 179 Å². The van der Waals surface area contributed by atoms with Crippen molar-refractivity contribution < 1.29 is 4.79 Å². The van der Waals surface area contributed by atoms with Gasteiger partial charge in [-0.15, -0.1) is 0 Å². The molecule has 0 aliphatic heterocycles. The van der Waals surface area contributed by atoms with Crippen molar-refractivity contribution in [2.45, 2.75) is 19.3 Å². The fourth-order valence-corrected chi connectivity index (χ4v) is 4.01. The molecule has 1 aliphatic carbocycles. The molecular weight excluding hydrogens is 390 g/mol. The lowest BCUT2D eigenvalue weighted by Crippen LogP contribution is -2.15. The summed E-state index contributed by atoms with van der Waals surface area (Å²) in [6.45, 7) is 1.96. The molecule has 1 fully saturated rings. The van der Waals surface area contributed by atoms with Crippen molar-refractivity contribution in [3.63, 3.8) is 0 Å². The predicted molar refractivity (Wildman–Crippen MR) is 121 cm³/mol. The Morgan fingerprint density at radius 1 is 1.23 bits per heavy atom. The van der Waals surface area contributed by atoms with Gasteiger partial charge in [0.2, 0.25) is 5.91 Å². The number of nitrogens with one attached hydrogen (secondary N) is 1. The van der Waals surface area contributed by atoms with E-state index >= 15 is 0 Å². The fourth-order valence-electron chi connectivity index (χ4n) is 4.01. The number of carbonyl (C=O) groups excluding carboxylic acids is 1. The number of nitrogens with two attached hydrogens (primary N) is 2. The molecule has 1 saturated carbocycles. The SMILES string of the molecule is Cc1c(N)cccc1-c1cc2cc(NC(=O)C3CC3c3cnn(C)c3)ncc2c(N)n1. The van der Waals surface area contributed by atoms with Crippen LogP contribution in [0.15, 0.2) is 48.9 Å². The third-order valence-corrected chi connectivity index (χ3v) is 5.93. The molecule has 5 N–H and O–H groups in total. The van der Waals surface area contributed by atoms with Crippen molar-refractivity contribution >= 4 is 34.0 Å². The molecule has 0 radical (unpaired) electrons. The molecule has 2 unspecified atom stereocenters. The van der Waals surface area contributed by atoms with Crippen LogP contribution in [-0.4, -0.2) is 25.7 Å². The third-order valence-electron chi connectivity index (χ3n) is 5.93. The number of nitrogen functional groups attached to an aromatic ring is 2. The van der Waals surface area contributed by atoms with Gasteiger partial charge in [-0.05, 0) is 54.0 Å². The fraction of sp³-hybridized carbons (Fsp3) is 0.217. The second-order valence-electron chi connectivity index (χ2n) is 8.09. The number of aromatic nitrogens is 4. The highest BCUT2D eigenvalue weighted by Gasteiger charge is 2.44. The van der Waals surface area contributed by atoms with Crippen molar-refractivity contribution in [3.8, 4) is 11.3 Å². The number of amides is 1. The predicted octanol–water partition coefficient (Wildman–Crippen LogP) is 3.25. The number of anilines is 3. The van der Waals surface area contributed by atoms with Gasteiger partial charge in [-0.2, -0.15) is 5.10 Å². The molecule has 0 bridgehead atoms. The van der Waals surface area contributed by atoms with E-state index < -0.39 is 0 Å². The largest absolute Gasteiger partial charge is 0.398 e. The minimum Gasteiger partial charge on any atom is -0.398 e. The average molecular weight is 413 g/mol. The number of carbonyl (C=O) groups is 1. The number of hydrogen-bond donors (Lipinski definition) is 3. The molecule has 5 rings (SSSR count). The highest BCUT2D eigenvalue weighted by Crippen LogP contribution is 2.47. The molecule has 1 amide bonds. The summed E-state index contributed by atoms with van der Waals surface area (Å²) < 4.78 is 1.76. The first-order valence-corrected chi connectivity index (χ1v) is 10.1. The molecular formula is C23H23N7O. The van der Waals surface area contributed by atoms with Crippen molar-refractivity contribution in [2.75, 3.05) is 16.8 Å². The van der Waals surface area contributed by atoms with Crippen LogP contribution in [0.2, 0.25) is 0 Å². The standard InChI is InChI=1S/C23H23N7O/c1-12-15(4-3-5-19(12)24)20-6-13-7-21(26-10-18(13)22(25)28-20)29-23(31)17-8-16(17)14-9-27-30(2)11-14/h3-7,9-11,16-17H,8,24H2,1-2H3,(H2,25,28)(H,26,29,31). The Hall–Kier alpha value is -3.94. The van der Waals surface area contributed by atoms with Gasteiger partial charge in [-0.25, -0.2) is 9.97 Å². The lowest BCUT2D eigenvalue weighted by atomic mass is 10.0. The van der Waals surface area contributed by atoms with E-state index in [-0.39, 0.29) is 17.7 Å². The molecule has 4 aromatic rings. The van der Waals surface area contributed by atoms with Crippen molar-refractivity contribution in [1.29, 1.82) is 0 Å². The molecule has 1 aromatic carbocycles. The summed E-state index contributed by atoms with van der Waals surface area (Å²) in [5.41, 5.74) is 16.7. The van der Waals surface area contributed by atoms with Crippen LogP contribution in [0.3, 0.4) is 0 Å². The average Bonchev–Trinajstić information content (AvgIpc) is 3.43. The van der Waals surface area contributed by atoms with E-state index in [0.29, 0.717) is 17.3 Å². The van der Waals surface area contributed by atoms with E-state index in [0.717, 1.165) is 39.6 Å². The van der Waals surface area contributed by atoms with E-state index in [4.69, 9.17) is 11.5 Å². The Morgan fingerprint density at radius 2 is 2.06 bits per heavy atom. The number of pyridine rings is 2. The zero-order valence-electron chi connectivity index (χ0n) is 17.3. The monoisotopic (exact) mass is 413 g/mol. The summed E-state index contributed by atoms with van der Waals surface area (Å²) in [6, 6.07) is 9.50. The Balaban J connectivity index is 1.42.